The fourth-order valence-corrected chi connectivity index (χ4v) is 1.66. The van der Waals surface area contributed by atoms with Crippen molar-refractivity contribution in [3.05, 3.63) is 30.0 Å². The molecule has 1 heterocycles. The van der Waals surface area contributed by atoms with Crippen molar-refractivity contribution in [2.75, 3.05) is 5.88 Å². The molecule has 1 N–H and O–H groups in total. The number of rotatable bonds is 4. The highest BCUT2D eigenvalue weighted by molar-refractivity contribution is 6.18. The lowest BCUT2D eigenvalue weighted by atomic mass is 10.1. The largest absolute Gasteiger partial charge is 0.356 e. The van der Waals surface area contributed by atoms with Crippen LogP contribution in [0.25, 0.3) is 11.0 Å². The average molecular weight is 253 g/mol. The van der Waals surface area contributed by atoms with Gasteiger partial charge in [-0.1, -0.05) is 17.3 Å². The number of benzene rings is 1. The van der Waals surface area contributed by atoms with Crippen LogP contribution < -0.4 is 5.32 Å². The van der Waals surface area contributed by atoms with E-state index in [0.717, 1.165) is 5.39 Å². The second-order valence-corrected chi connectivity index (χ2v) is 4.23. The number of halogens is 1. The molecule has 5 heteroatoms. The molecule has 2 aromatic rings. The van der Waals surface area contributed by atoms with Crippen molar-refractivity contribution in [1.82, 2.24) is 10.5 Å². The van der Waals surface area contributed by atoms with Crippen molar-refractivity contribution in [2.24, 2.45) is 0 Å². The molecule has 0 spiro atoms. The van der Waals surface area contributed by atoms with Gasteiger partial charge in [-0.05, 0) is 19.1 Å². The minimum Gasteiger partial charge on any atom is -0.356 e. The highest BCUT2D eigenvalue weighted by atomic mass is 35.5. The second-order valence-electron chi connectivity index (χ2n) is 3.93. The number of fused-ring (bicyclic) bond motifs is 1. The molecule has 1 unspecified atom stereocenters. The zero-order valence-electron chi connectivity index (χ0n) is 9.44. The zero-order valence-corrected chi connectivity index (χ0v) is 10.2. The Labute approximate surface area is 104 Å². The smallest absolute Gasteiger partial charge is 0.226 e. The monoisotopic (exact) mass is 252 g/mol. The minimum absolute atomic E-state index is 0.0395. The Morgan fingerprint density at radius 3 is 3.06 bits per heavy atom. The summed E-state index contributed by atoms with van der Waals surface area (Å²) in [7, 11) is 0. The molecule has 0 aliphatic rings. The molecule has 0 radical (unpaired) electrons. The van der Waals surface area contributed by atoms with Crippen LogP contribution in [0, 0.1) is 0 Å². The SMILES string of the molecule is CC(CCl)NC(=O)Cc1noc2ccccc12. The zero-order chi connectivity index (χ0) is 12.3. The molecule has 4 nitrogen and oxygen atoms in total. The number of aromatic nitrogens is 1. The van der Waals surface area contributed by atoms with E-state index in [1.54, 1.807) is 0 Å². The summed E-state index contributed by atoms with van der Waals surface area (Å²) in [6.45, 7) is 1.85. The van der Waals surface area contributed by atoms with Gasteiger partial charge in [0.25, 0.3) is 0 Å². The van der Waals surface area contributed by atoms with Crippen LogP contribution >= 0.6 is 11.6 Å². The predicted octanol–water partition coefficient (Wildman–Crippen LogP) is 2.11. The van der Waals surface area contributed by atoms with Crippen molar-refractivity contribution < 1.29 is 9.32 Å². The van der Waals surface area contributed by atoms with Gasteiger partial charge < -0.3 is 9.84 Å². The molecule has 0 saturated carbocycles. The Morgan fingerprint density at radius 1 is 1.53 bits per heavy atom. The second kappa shape index (κ2) is 5.19. The first-order chi connectivity index (χ1) is 8.20. The Balaban J connectivity index is 2.11. The lowest BCUT2D eigenvalue weighted by molar-refractivity contribution is -0.120. The third-order valence-corrected chi connectivity index (χ3v) is 2.88. The first kappa shape index (κ1) is 11.9. The van der Waals surface area contributed by atoms with Gasteiger partial charge in [0.15, 0.2) is 5.58 Å². The van der Waals surface area contributed by atoms with E-state index in [2.05, 4.69) is 10.5 Å². The quantitative estimate of drug-likeness (QED) is 0.848. The summed E-state index contributed by atoms with van der Waals surface area (Å²) in [6.07, 6.45) is 0.207. The van der Waals surface area contributed by atoms with E-state index in [1.165, 1.54) is 0 Å². The number of nitrogens with zero attached hydrogens (tertiary/aromatic N) is 1. The number of para-hydroxylation sites is 1. The van der Waals surface area contributed by atoms with Gasteiger partial charge in [0.05, 0.1) is 6.42 Å². The highest BCUT2D eigenvalue weighted by Crippen LogP contribution is 2.17. The molecule has 1 amide bonds. The molecule has 1 aromatic carbocycles. The molecule has 2 rings (SSSR count). The topological polar surface area (TPSA) is 55.1 Å². The van der Waals surface area contributed by atoms with E-state index in [1.807, 2.05) is 31.2 Å². The molecule has 0 fully saturated rings. The number of hydrogen-bond donors (Lipinski definition) is 1. The summed E-state index contributed by atoms with van der Waals surface area (Å²) in [5, 5.41) is 7.56. The minimum atomic E-state index is -0.0998. The molecule has 0 saturated heterocycles. The van der Waals surface area contributed by atoms with Gasteiger partial charge in [0.1, 0.15) is 5.69 Å². The van der Waals surface area contributed by atoms with Crippen molar-refractivity contribution in [3.8, 4) is 0 Å². The van der Waals surface area contributed by atoms with Crippen LogP contribution in [0.2, 0.25) is 0 Å². The van der Waals surface area contributed by atoms with E-state index >= 15 is 0 Å². The highest BCUT2D eigenvalue weighted by Gasteiger charge is 2.13. The molecular weight excluding hydrogens is 240 g/mol. The summed E-state index contributed by atoms with van der Waals surface area (Å²) < 4.78 is 5.13. The maximum absolute atomic E-state index is 11.7. The van der Waals surface area contributed by atoms with Gasteiger partial charge >= 0.3 is 0 Å². The molecule has 90 valence electrons. The molecular formula is C12H13ClN2O2. The van der Waals surface area contributed by atoms with Crippen LogP contribution in [0.5, 0.6) is 0 Å². The Hall–Kier alpha value is -1.55. The van der Waals surface area contributed by atoms with E-state index < -0.39 is 0 Å². The van der Waals surface area contributed by atoms with Gasteiger partial charge in [-0.15, -0.1) is 11.6 Å². The summed E-state index contributed by atoms with van der Waals surface area (Å²) in [5.74, 6) is 0.294. The van der Waals surface area contributed by atoms with Crippen molar-refractivity contribution in [3.63, 3.8) is 0 Å². The van der Waals surface area contributed by atoms with Gasteiger partial charge in [-0.3, -0.25) is 4.79 Å². The molecule has 1 atom stereocenters. The first-order valence-electron chi connectivity index (χ1n) is 5.39. The Morgan fingerprint density at radius 2 is 2.29 bits per heavy atom. The van der Waals surface area contributed by atoms with Crippen LogP contribution in [0.15, 0.2) is 28.8 Å². The Bertz CT molecular complexity index is 524. The van der Waals surface area contributed by atoms with Crippen LogP contribution in [0.1, 0.15) is 12.6 Å². The number of alkyl halides is 1. The predicted molar refractivity (Wildman–Crippen MR) is 66.0 cm³/mol. The number of hydrogen-bond acceptors (Lipinski definition) is 3. The normalized spacial score (nSPS) is 12.6. The lowest BCUT2D eigenvalue weighted by Crippen LogP contribution is -2.34. The summed E-state index contributed by atoms with van der Waals surface area (Å²) >= 11 is 5.62. The average Bonchev–Trinajstić information content (AvgIpc) is 2.72. The molecule has 0 aliphatic heterocycles. The van der Waals surface area contributed by atoms with E-state index in [-0.39, 0.29) is 18.4 Å². The third kappa shape index (κ3) is 2.77. The van der Waals surface area contributed by atoms with Gasteiger partial charge in [0, 0.05) is 17.3 Å². The number of nitrogens with one attached hydrogen (secondary N) is 1. The number of carbonyl (C=O) groups excluding carboxylic acids is 1. The number of carbonyl (C=O) groups is 1. The van der Waals surface area contributed by atoms with Crippen molar-refractivity contribution in [2.45, 2.75) is 19.4 Å². The van der Waals surface area contributed by atoms with Crippen LogP contribution in [0.4, 0.5) is 0 Å². The van der Waals surface area contributed by atoms with Crippen molar-refractivity contribution in [1.29, 1.82) is 0 Å². The van der Waals surface area contributed by atoms with Crippen LogP contribution in [0.3, 0.4) is 0 Å². The molecule has 17 heavy (non-hydrogen) atoms. The molecule has 0 bridgehead atoms. The summed E-state index contributed by atoms with van der Waals surface area (Å²) in [5.41, 5.74) is 1.35. The van der Waals surface area contributed by atoms with E-state index in [9.17, 15) is 4.79 Å². The molecule has 0 aliphatic carbocycles. The van der Waals surface area contributed by atoms with Crippen LogP contribution in [-0.2, 0) is 11.2 Å². The van der Waals surface area contributed by atoms with Crippen LogP contribution in [-0.4, -0.2) is 23.0 Å². The maximum Gasteiger partial charge on any atom is 0.226 e. The van der Waals surface area contributed by atoms with Gasteiger partial charge in [-0.2, -0.15) is 0 Å². The third-order valence-electron chi connectivity index (χ3n) is 2.42. The standard InChI is InChI=1S/C12H13ClN2O2/c1-8(7-13)14-12(16)6-10-9-4-2-3-5-11(9)17-15-10/h2-5,8H,6-7H2,1H3,(H,14,16). The maximum atomic E-state index is 11.7. The summed E-state index contributed by atoms with van der Waals surface area (Å²) in [6, 6.07) is 7.43. The Kier molecular flexibility index (Phi) is 3.64. The first-order valence-corrected chi connectivity index (χ1v) is 5.92. The molecule has 1 aromatic heterocycles. The van der Waals surface area contributed by atoms with Gasteiger partial charge in [-0.25, -0.2) is 0 Å². The van der Waals surface area contributed by atoms with Gasteiger partial charge in [0.2, 0.25) is 5.91 Å². The van der Waals surface area contributed by atoms with Crippen molar-refractivity contribution >= 4 is 28.5 Å². The van der Waals surface area contributed by atoms with E-state index in [0.29, 0.717) is 17.2 Å². The van der Waals surface area contributed by atoms with E-state index in [4.69, 9.17) is 16.1 Å². The number of amides is 1. The fraction of sp³-hybridized carbons (Fsp3) is 0.333. The summed E-state index contributed by atoms with van der Waals surface area (Å²) in [4.78, 5) is 11.7. The lowest BCUT2D eigenvalue weighted by Gasteiger charge is -2.09. The fourth-order valence-electron chi connectivity index (χ4n) is 1.58.